The van der Waals surface area contributed by atoms with Crippen molar-refractivity contribution < 1.29 is 9.53 Å². The summed E-state index contributed by atoms with van der Waals surface area (Å²) in [6.07, 6.45) is 17.3. The van der Waals surface area contributed by atoms with Crippen LogP contribution in [0.25, 0.3) is 5.57 Å². The Hall–Kier alpha value is -1.57. The van der Waals surface area contributed by atoms with Gasteiger partial charge in [-0.2, -0.15) is 0 Å². The van der Waals surface area contributed by atoms with E-state index in [9.17, 15) is 4.79 Å². The van der Waals surface area contributed by atoms with Gasteiger partial charge >= 0.3 is 5.97 Å². The molecule has 0 N–H and O–H groups in total. The average Bonchev–Trinajstić information content (AvgIpc) is 2.75. The number of ether oxygens (including phenoxy) is 1. The van der Waals surface area contributed by atoms with Crippen molar-refractivity contribution in [1.82, 2.24) is 0 Å². The molecule has 2 aliphatic rings. The van der Waals surface area contributed by atoms with E-state index < -0.39 is 0 Å². The first-order valence-electron chi connectivity index (χ1n) is 11.7. The summed E-state index contributed by atoms with van der Waals surface area (Å²) < 4.78 is 5.81. The zero-order valence-corrected chi connectivity index (χ0v) is 17.9. The Kier molecular flexibility index (Phi) is 8.18. The molecule has 0 amide bonds. The molecular weight excluding hydrogens is 344 g/mol. The Balaban J connectivity index is 1.46. The minimum atomic E-state index is -0.148. The van der Waals surface area contributed by atoms with E-state index >= 15 is 0 Å². The monoisotopic (exact) mass is 382 g/mol. The standard InChI is InChI=1S/C26H38O2/c1-3-5-6-7-21-10-18-25(19-11-21)28-26(27)24-16-14-23(15-17-24)22-12-8-20(4-2)9-13-22/h12,14-17,20-21,25H,3-11,13,18-19H2,1-2H3/t20?,21-,25-. The van der Waals surface area contributed by atoms with E-state index in [1.165, 1.54) is 68.9 Å². The highest BCUT2D eigenvalue weighted by Crippen LogP contribution is 2.32. The fourth-order valence-electron chi connectivity index (χ4n) is 4.78. The summed E-state index contributed by atoms with van der Waals surface area (Å²) in [5.41, 5.74) is 3.39. The molecule has 2 aliphatic carbocycles. The van der Waals surface area contributed by atoms with Crippen LogP contribution in [0.2, 0.25) is 0 Å². The number of carbonyl (C=O) groups is 1. The molecule has 28 heavy (non-hydrogen) atoms. The number of hydrogen-bond acceptors (Lipinski definition) is 2. The lowest BCUT2D eigenvalue weighted by Crippen LogP contribution is -2.24. The minimum absolute atomic E-state index is 0.113. The lowest BCUT2D eigenvalue weighted by Gasteiger charge is -2.28. The number of unbranched alkanes of at least 4 members (excludes halogenated alkanes) is 2. The fraction of sp³-hybridized carbons (Fsp3) is 0.654. The quantitative estimate of drug-likeness (QED) is 0.342. The van der Waals surface area contributed by atoms with Crippen molar-refractivity contribution in [3.05, 3.63) is 41.5 Å². The normalized spacial score (nSPS) is 25.2. The van der Waals surface area contributed by atoms with Crippen LogP contribution in [0.3, 0.4) is 0 Å². The van der Waals surface area contributed by atoms with Crippen molar-refractivity contribution in [3.63, 3.8) is 0 Å². The highest BCUT2D eigenvalue weighted by atomic mass is 16.5. The number of benzene rings is 1. The van der Waals surface area contributed by atoms with Gasteiger partial charge in [0.15, 0.2) is 0 Å². The van der Waals surface area contributed by atoms with Crippen molar-refractivity contribution in [2.24, 2.45) is 11.8 Å². The third-order valence-electron chi connectivity index (χ3n) is 6.87. The molecule has 0 spiro atoms. The largest absolute Gasteiger partial charge is 0.459 e. The van der Waals surface area contributed by atoms with Gasteiger partial charge < -0.3 is 4.74 Å². The first-order valence-corrected chi connectivity index (χ1v) is 11.7. The van der Waals surface area contributed by atoms with Crippen molar-refractivity contribution in [1.29, 1.82) is 0 Å². The summed E-state index contributed by atoms with van der Waals surface area (Å²) in [5.74, 6) is 1.54. The second kappa shape index (κ2) is 10.8. The third-order valence-corrected chi connectivity index (χ3v) is 6.87. The Morgan fingerprint density at radius 3 is 2.32 bits per heavy atom. The molecule has 3 rings (SSSR count). The summed E-state index contributed by atoms with van der Waals surface area (Å²) in [4.78, 5) is 12.5. The van der Waals surface area contributed by atoms with Gasteiger partial charge in [-0.15, -0.1) is 0 Å². The molecule has 1 unspecified atom stereocenters. The van der Waals surface area contributed by atoms with Crippen LogP contribution < -0.4 is 0 Å². The predicted molar refractivity (Wildman–Crippen MR) is 117 cm³/mol. The molecule has 154 valence electrons. The van der Waals surface area contributed by atoms with Crippen LogP contribution in [0.15, 0.2) is 30.3 Å². The molecule has 0 heterocycles. The van der Waals surface area contributed by atoms with Crippen molar-refractivity contribution in [3.8, 4) is 0 Å². The van der Waals surface area contributed by atoms with Crippen LogP contribution in [0, 0.1) is 11.8 Å². The number of hydrogen-bond donors (Lipinski definition) is 0. The third kappa shape index (κ3) is 5.96. The zero-order chi connectivity index (χ0) is 19.8. The van der Waals surface area contributed by atoms with Gasteiger partial charge in [0, 0.05) is 0 Å². The Bertz CT molecular complexity index is 635. The topological polar surface area (TPSA) is 26.3 Å². The molecule has 2 nitrogen and oxygen atoms in total. The first kappa shape index (κ1) is 21.1. The van der Waals surface area contributed by atoms with E-state index in [0.29, 0.717) is 5.56 Å². The number of allylic oxidation sites excluding steroid dienone is 2. The van der Waals surface area contributed by atoms with Crippen LogP contribution in [-0.2, 0) is 4.74 Å². The maximum absolute atomic E-state index is 12.5. The molecule has 1 atom stereocenters. The van der Waals surface area contributed by atoms with Crippen molar-refractivity contribution in [2.45, 2.75) is 97.0 Å². The summed E-state index contributed by atoms with van der Waals surface area (Å²) in [5, 5.41) is 0. The first-order chi connectivity index (χ1) is 13.7. The van der Waals surface area contributed by atoms with Gasteiger partial charge in [0.1, 0.15) is 6.10 Å². The van der Waals surface area contributed by atoms with Crippen molar-refractivity contribution in [2.75, 3.05) is 0 Å². The van der Waals surface area contributed by atoms with E-state index in [2.05, 4.69) is 32.1 Å². The van der Waals surface area contributed by atoms with Crippen molar-refractivity contribution >= 4 is 11.5 Å². The fourth-order valence-corrected chi connectivity index (χ4v) is 4.78. The van der Waals surface area contributed by atoms with Crippen LogP contribution in [0.5, 0.6) is 0 Å². The van der Waals surface area contributed by atoms with E-state index in [1.807, 2.05) is 12.1 Å². The van der Waals surface area contributed by atoms with Gasteiger partial charge in [-0.1, -0.05) is 64.2 Å². The molecule has 1 aromatic rings. The van der Waals surface area contributed by atoms with Gasteiger partial charge in [0.2, 0.25) is 0 Å². The second-order valence-corrected chi connectivity index (χ2v) is 8.90. The van der Waals surface area contributed by atoms with Crippen LogP contribution in [0.1, 0.15) is 107 Å². The Morgan fingerprint density at radius 1 is 0.964 bits per heavy atom. The average molecular weight is 383 g/mol. The second-order valence-electron chi connectivity index (χ2n) is 8.90. The molecule has 1 fully saturated rings. The zero-order valence-electron chi connectivity index (χ0n) is 17.9. The number of esters is 1. The molecule has 1 aromatic carbocycles. The van der Waals surface area contributed by atoms with Crippen LogP contribution in [0.4, 0.5) is 0 Å². The summed E-state index contributed by atoms with van der Waals surface area (Å²) in [7, 11) is 0. The van der Waals surface area contributed by atoms with E-state index in [4.69, 9.17) is 4.74 Å². The maximum Gasteiger partial charge on any atom is 0.338 e. The lowest BCUT2D eigenvalue weighted by atomic mass is 9.84. The van der Waals surface area contributed by atoms with Gasteiger partial charge in [-0.05, 0) is 80.1 Å². The summed E-state index contributed by atoms with van der Waals surface area (Å²) in [6, 6.07) is 8.08. The van der Waals surface area contributed by atoms with Gasteiger partial charge in [0.25, 0.3) is 0 Å². The highest BCUT2D eigenvalue weighted by molar-refractivity contribution is 5.90. The molecule has 1 saturated carbocycles. The number of carbonyl (C=O) groups excluding carboxylic acids is 1. The molecule has 0 aromatic heterocycles. The molecule has 0 aliphatic heterocycles. The van der Waals surface area contributed by atoms with E-state index in [-0.39, 0.29) is 12.1 Å². The van der Waals surface area contributed by atoms with E-state index in [0.717, 1.165) is 31.1 Å². The molecule has 0 saturated heterocycles. The Morgan fingerprint density at radius 2 is 1.71 bits per heavy atom. The summed E-state index contributed by atoms with van der Waals surface area (Å²) >= 11 is 0. The number of rotatable bonds is 8. The molecule has 2 heteroatoms. The maximum atomic E-state index is 12.5. The van der Waals surface area contributed by atoms with Gasteiger partial charge in [0.05, 0.1) is 5.56 Å². The predicted octanol–water partition coefficient (Wildman–Crippen LogP) is 7.58. The molecule has 0 bridgehead atoms. The highest BCUT2D eigenvalue weighted by Gasteiger charge is 2.24. The summed E-state index contributed by atoms with van der Waals surface area (Å²) in [6.45, 7) is 4.54. The molecular formula is C26H38O2. The van der Waals surface area contributed by atoms with Crippen LogP contribution in [-0.4, -0.2) is 12.1 Å². The van der Waals surface area contributed by atoms with E-state index in [1.54, 1.807) is 0 Å². The van der Waals surface area contributed by atoms with Gasteiger partial charge in [-0.25, -0.2) is 4.79 Å². The van der Waals surface area contributed by atoms with Crippen LogP contribution >= 0.6 is 0 Å². The SMILES string of the molecule is CCCCC[C@H]1CC[C@H](OC(=O)c2ccc(C3=CCC(CC)CC3)cc2)CC1. The lowest BCUT2D eigenvalue weighted by molar-refractivity contribution is 0.0161. The van der Waals surface area contributed by atoms with Gasteiger partial charge in [-0.3, -0.25) is 0 Å². The Labute approximate surface area is 171 Å². The smallest absolute Gasteiger partial charge is 0.338 e. The minimum Gasteiger partial charge on any atom is -0.459 e. The molecule has 0 radical (unpaired) electrons.